The van der Waals surface area contributed by atoms with Gasteiger partial charge in [-0.25, -0.2) is 4.98 Å². The number of aryl methyl sites for hydroxylation is 1. The average molecular weight is 228 g/mol. The summed E-state index contributed by atoms with van der Waals surface area (Å²) in [7, 11) is 0. The van der Waals surface area contributed by atoms with Crippen LogP contribution in [0.2, 0.25) is 0 Å². The second-order valence-electron chi connectivity index (χ2n) is 3.51. The highest BCUT2D eigenvalue weighted by Crippen LogP contribution is 2.28. The van der Waals surface area contributed by atoms with E-state index in [9.17, 15) is 4.79 Å². The first-order valence-corrected chi connectivity index (χ1v) is 5.99. The van der Waals surface area contributed by atoms with Gasteiger partial charge < -0.3 is 0 Å². The van der Waals surface area contributed by atoms with Crippen LogP contribution in [0.4, 0.5) is 5.13 Å². The Morgan fingerprint density at radius 3 is 3.07 bits per heavy atom. The van der Waals surface area contributed by atoms with Crippen molar-refractivity contribution in [3.8, 4) is 0 Å². The summed E-state index contributed by atoms with van der Waals surface area (Å²) >= 11 is 5.79. The van der Waals surface area contributed by atoms with Crippen LogP contribution in [0.1, 0.15) is 11.3 Å². The summed E-state index contributed by atoms with van der Waals surface area (Å²) in [6, 6.07) is 0. The molecule has 0 aromatic carbocycles. The van der Waals surface area contributed by atoms with E-state index in [2.05, 4.69) is 17.6 Å². The van der Waals surface area contributed by atoms with Gasteiger partial charge >= 0.3 is 0 Å². The van der Waals surface area contributed by atoms with Gasteiger partial charge in [0.05, 0.1) is 0 Å². The molecular weight excluding hydrogens is 216 g/mol. The van der Waals surface area contributed by atoms with Crippen molar-refractivity contribution in [3.05, 3.63) is 11.1 Å². The maximum Gasteiger partial charge on any atom is 0.229 e. The Balaban J connectivity index is 2.16. The Bertz CT molecular complexity index is 350. The summed E-state index contributed by atoms with van der Waals surface area (Å²) in [6.07, 6.45) is 2.42. The fourth-order valence-electron chi connectivity index (χ4n) is 1.56. The highest BCUT2D eigenvalue weighted by molar-refractivity contribution is 7.80. The molecule has 76 valence electrons. The summed E-state index contributed by atoms with van der Waals surface area (Å²) in [5.74, 6) is 1.33. The molecular formula is C9H12N2OS2. The van der Waals surface area contributed by atoms with Crippen molar-refractivity contribution in [1.29, 1.82) is 0 Å². The van der Waals surface area contributed by atoms with Gasteiger partial charge in [0, 0.05) is 24.0 Å². The van der Waals surface area contributed by atoms with Crippen molar-refractivity contribution in [2.75, 3.05) is 17.2 Å². The fraction of sp³-hybridized carbons (Fsp3) is 0.556. The third-order valence-electron chi connectivity index (χ3n) is 2.30. The molecule has 0 bridgehead atoms. The van der Waals surface area contributed by atoms with Gasteiger partial charge in [-0.2, -0.15) is 12.6 Å². The van der Waals surface area contributed by atoms with E-state index in [1.807, 2.05) is 6.92 Å². The van der Waals surface area contributed by atoms with Crippen molar-refractivity contribution in [2.45, 2.75) is 13.3 Å². The lowest BCUT2D eigenvalue weighted by Gasteiger charge is -2.11. The predicted octanol–water partition coefficient (Wildman–Crippen LogP) is 1.73. The number of thiol groups is 1. The molecule has 0 saturated carbocycles. The standard InChI is InChI=1S/C9H12N2OS2/c1-6-3-10-9(14-6)11-4-7(5-13)2-8(11)12/h3,7,13H,2,4-5H2,1H3. The first kappa shape index (κ1) is 9.98. The van der Waals surface area contributed by atoms with Crippen molar-refractivity contribution >= 4 is 35.0 Å². The first-order valence-electron chi connectivity index (χ1n) is 4.54. The number of hydrogen-bond donors (Lipinski definition) is 1. The second kappa shape index (κ2) is 3.90. The third kappa shape index (κ3) is 1.79. The molecule has 1 aromatic heterocycles. The van der Waals surface area contributed by atoms with Crippen molar-refractivity contribution < 1.29 is 4.79 Å². The van der Waals surface area contributed by atoms with Crippen LogP contribution >= 0.6 is 24.0 Å². The molecule has 1 aliphatic rings. The van der Waals surface area contributed by atoms with Gasteiger partial charge in [0.15, 0.2) is 5.13 Å². The molecule has 1 atom stereocenters. The number of nitrogens with zero attached hydrogens (tertiary/aromatic N) is 2. The molecule has 1 aromatic rings. The van der Waals surface area contributed by atoms with Crippen molar-refractivity contribution in [1.82, 2.24) is 4.98 Å². The van der Waals surface area contributed by atoms with Crippen molar-refractivity contribution in [2.24, 2.45) is 5.92 Å². The van der Waals surface area contributed by atoms with Crippen molar-refractivity contribution in [3.63, 3.8) is 0 Å². The van der Waals surface area contributed by atoms with Crippen LogP contribution in [0.3, 0.4) is 0 Å². The molecule has 0 spiro atoms. The fourth-order valence-corrected chi connectivity index (χ4v) is 2.59. The Morgan fingerprint density at radius 1 is 1.79 bits per heavy atom. The van der Waals surface area contributed by atoms with E-state index in [1.165, 1.54) is 0 Å². The van der Waals surface area contributed by atoms with Gasteiger partial charge in [-0.3, -0.25) is 9.69 Å². The largest absolute Gasteiger partial charge is 0.288 e. The van der Waals surface area contributed by atoms with Gasteiger partial charge in [-0.1, -0.05) is 0 Å². The molecule has 2 rings (SSSR count). The smallest absolute Gasteiger partial charge is 0.229 e. The lowest BCUT2D eigenvalue weighted by Crippen LogP contribution is -2.24. The van der Waals surface area contributed by atoms with Gasteiger partial charge in [-0.05, 0) is 18.6 Å². The molecule has 1 fully saturated rings. The molecule has 14 heavy (non-hydrogen) atoms. The lowest BCUT2D eigenvalue weighted by atomic mass is 10.1. The number of rotatable bonds is 2. The zero-order valence-electron chi connectivity index (χ0n) is 7.93. The summed E-state index contributed by atoms with van der Waals surface area (Å²) in [4.78, 5) is 18.7. The van der Waals surface area contributed by atoms with Crippen LogP contribution in [0.5, 0.6) is 0 Å². The van der Waals surface area contributed by atoms with E-state index in [1.54, 1.807) is 22.4 Å². The van der Waals surface area contributed by atoms with E-state index in [-0.39, 0.29) is 5.91 Å². The molecule has 1 aliphatic heterocycles. The molecule has 0 radical (unpaired) electrons. The molecule has 1 amide bonds. The highest BCUT2D eigenvalue weighted by atomic mass is 32.1. The molecule has 3 nitrogen and oxygen atoms in total. The summed E-state index contributed by atoms with van der Waals surface area (Å²) < 4.78 is 0. The zero-order valence-corrected chi connectivity index (χ0v) is 9.65. The number of carbonyl (C=O) groups is 1. The Labute approximate surface area is 92.6 Å². The number of hydrogen-bond acceptors (Lipinski definition) is 4. The summed E-state index contributed by atoms with van der Waals surface area (Å²) in [6.45, 7) is 2.77. The summed E-state index contributed by atoms with van der Waals surface area (Å²) in [5, 5.41) is 0.830. The molecule has 1 unspecified atom stereocenters. The quantitative estimate of drug-likeness (QED) is 0.782. The minimum absolute atomic E-state index is 0.179. The Morgan fingerprint density at radius 2 is 2.57 bits per heavy atom. The van der Waals surface area contributed by atoms with Gasteiger partial charge in [0.25, 0.3) is 0 Å². The minimum atomic E-state index is 0.179. The van der Waals surface area contributed by atoms with Crippen LogP contribution in [0.15, 0.2) is 6.20 Å². The highest BCUT2D eigenvalue weighted by Gasteiger charge is 2.31. The Hall–Kier alpha value is -0.550. The van der Waals surface area contributed by atoms with Crippen LogP contribution < -0.4 is 4.90 Å². The van der Waals surface area contributed by atoms with E-state index >= 15 is 0 Å². The first-order chi connectivity index (χ1) is 6.70. The van der Waals surface area contributed by atoms with Crippen LogP contribution in [0.25, 0.3) is 0 Å². The SMILES string of the molecule is Cc1cnc(N2CC(CS)CC2=O)s1. The van der Waals surface area contributed by atoms with E-state index in [0.29, 0.717) is 12.3 Å². The van der Waals surface area contributed by atoms with E-state index < -0.39 is 0 Å². The zero-order chi connectivity index (χ0) is 10.1. The van der Waals surface area contributed by atoms with Crippen LogP contribution in [-0.4, -0.2) is 23.2 Å². The molecule has 2 heterocycles. The monoisotopic (exact) mass is 228 g/mol. The minimum Gasteiger partial charge on any atom is -0.288 e. The van der Waals surface area contributed by atoms with E-state index in [4.69, 9.17) is 0 Å². The molecule has 5 heteroatoms. The maximum atomic E-state index is 11.6. The molecule has 1 saturated heterocycles. The topological polar surface area (TPSA) is 33.2 Å². The van der Waals surface area contributed by atoms with Gasteiger partial charge in [0.2, 0.25) is 5.91 Å². The number of carbonyl (C=O) groups excluding carboxylic acids is 1. The van der Waals surface area contributed by atoms with Crippen LogP contribution in [0, 0.1) is 12.8 Å². The normalized spacial score (nSPS) is 22.0. The lowest BCUT2D eigenvalue weighted by molar-refractivity contribution is -0.117. The number of aromatic nitrogens is 1. The number of anilines is 1. The number of thiazole rings is 1. The van der Waals surface area contributed by atoms with Gasteiger partial charge in [0.1, 0.15) is 0 Å². The molecule has 0 N–H and O–H groups in total. The van der Waals surface area contributed by atoms with Gasteiger partial charge in [-0.15, -0.1) is 11.3 Å². The Kier molecular flexibility index (Phi) is 2.78. The predicted molar refractivity (Wildman–Crippen MR) is 61.2 cm³/mol. The average Bonchev–Trinajstić information content (AvgIpc) is 2.71. The number of amides is 1. The second-order valence-corrected chi connectivity index (χ2v) is 5.09. The third-order valence-corrected chi connectivity index (χ3v) is 3.76. The van der Waals surface area contributed by atoms with E-state index in [0.717, 1.165) is 22.3 Å². The molecule has 0 aliphatic carbocycles. The van der Waals surface area contributed by atoms with Crippen LogP contribution in [-0.2, 0) is 4.79 Å². The summed E-state index contributed by atoms with van der Waals surface area (Å²) in [5.41, 5.74) is 0. The maximum absolute atomic E-state index is 11.6.